The zero-order valence-electron chi connectivity index (χ0n) is 16.0. The first-order chi connectivity index (χ1) is 11.7. The molecule has 0 aromatic heterocycles. The average Bonchev–Trinajstić information content (AvgIpc) is 2.51. The molecule has 1 unspecified atom stereocenters. The van der Waals surface area contributed by atoms with Gasteiger partial charge < -0.3 is 4.90 Å². The van der Waals surface area contributed by atoms with Crippen LogP contribution in [0.1, 0.15) is 31.4 Å². The predicted octanol–water partition coefficient (Wildman–Crippen LogP) is 2.08. The maximum Gasteiger partial charge on any atom is 0.215 e. The van der Waals surface area contributed by atoms with Gasteiger partial charge in [-0.05, 0) is 31.9 Å². The number of hydrogen-bond donors (Lipinski definition) is 1. The lowest BCUT2D eigenvalue weighted by Crippen LogP contribution is -2.52. The molecule has 1 atom stereocenters. The van der Waals surface area contributed by atoms with Gasteiger partial charge in [0.25, 0.3) is 0 Å². The number of hydrogen-bond acceptors (Lipinski definition) is 4. The van der Waals surface area contributed by atoms with Crippen molar-refractivity contribution in [1.82, 2.24) is 14.5 Å². The standard InChI is InChI=1S/C19H33N3O2S/c1-16(2)12-19(22-10-8-21(4)9-11-22)14-20-25(23,24)15-18-7-5-6-17(3)13-18/h5-7,13,16,19-20H,8-12,14-15H2,1-4H3. The van der Waals surface area contributed by atoms with Crippen LogP contribution in [0.15, 0.2) is 24.3 Å². The first-order valence-electron chi connectivity index (χ1n) is 9.20. The van der Waals surface area contributed by atoms with E-state index in [1.54, 1.807) is 0 Å². The number of aryl methyl sites for hydroxylation is 1. The van der Waals surface area contributed by atoms with Gasteiger partial charge >= 0.3 is 0 Å². The van der Waals surface area contributed by atoms with Crippen molar-refractivity contribution in [3.05, 3.63) is 35.4 Å². The van der Waals surface area contributed by atoms with Crippen molar-refractivity contribution in [2.75, 3.05) is 39.8 Å². The quantitative estimate of drug-likeness (QED) is 0.764. The molecule has 25 heavy (non-hydrogen) atoms. The van der Waals surface area contributed by atoms with E-state index in [0.717, 1.165) is 43.7 Å². The van der Waals surface area contributed by atoms with E-state index in [1.807, 2.05) is 31.2 Å². The number of nitrogens with one attached hydrogen (secondary N) is 1. The first-order valence-corrected chi connectivity index (χ1v) is 10.9. The Labute approximate surface area is 153 Å². The lowest BCUT2D eigenvalue weighted by atomic mass is 10.0. The highest BCUT2D eigenvalue weighted by atomic mass is 32.2. The summed E-state index contributed by atoms with van der Waals surface area (Å²) in [5, 5.41) is 0. The van der Waals surface area contributed by atoms with Gasteiger partial charge in [0.1, 0.15) is 0 Å². The summed E-state index contributed by atoms with van der Waals surface area (Å²) in [5.74, 6) is 0.595. The van der Waals surface area contributed by atoms with Gasteiger partial charge in [-0.15, -0.1) is 0 Å². The fourth-order valence-corrected chi connectivity index (χ4v) is 4.56. The number of benzene rings is 1. The Morgan fingerprint density at radius 2 is 1.84 bits per heavy atom. The Balaban J connectivity index is 1.96. The van der Waals surface area contributed by atoms with Gasteiger partial charge in [-0.3, -0.25) is 4.90 Å². The molecule has 0 amide bonds. The molecule has 0 radical (unpaired) electrons. The molecule has 1 aliphatic heterocycles. The normalized spacial score (nSPS) is 18.6. The van der Waals surface area contributed by atoms with E-state index in [0.29, 0.717) is 12.5 Å². The second kappa shape index (κ2) is 9.12. The minimum atomic E-state index is -3.32. The van der Waals surface area contributed by atoms with E-state index in [1.165, 1.54) is 0 Å². The fourth-order valence-electron chi connectivity index (χ4n) is 3.39. The third-order valence-electron chi connectivity index (χ3n) is 4.78. The highest BCUT2D eigenvalue weighted by Crippen LogP contribution is 2.14. The molecule has 1 aromatic carbocycles. The van der Waals surface area contributed by atoms with Crippen LogP contribution in [0.5, 0.6) is 0 Å². The minimum absolute atomic E-state index is 0.0474. The van der Waals surface area contributed by atoms with E-state index < -0.39 is 10.0 Å². The molecule has 0 spiro atoms. The smallest absolute Gasteiger partial charge is 0.215 e. The van der Waals surface area contributed by atoms with Crippen LogP contribution in [0, 0.1) is 12.8 Å². The molecular formula is C19H33N3O2S. The third-order valence-corrected chi connectivity index (χ3v) is 6.10. The van der Waals surface area contributed by atoms with Crippen LogP contribution >= 0.6 is 0 Å². The highest BCUT2D eigenvalue weighted by molar-refractivity contribution is 7.88. The number of sulfonamides is 1. The number of nitrogens with zero attached hydrogens (tertiary/aromatic N) is 2. The van der Waals surface area contributed by atoms with Gasteiger partial charge in [-0.2, -0.15) is 0 Å². The van der Waals surface area contributed by atoms with Gasteiger partial charge in [0.15, 0.2) is 0 Å². The molecule has 1 saturated heterocycles. The van der Waals surface area contributed by atoms with Crippen molar-refractivity contribution < 1.29 is 8.42 Å². The van der Waals surface area contributed by atoms with E-state index >= 15 is 0 Å². The van der Waals surface area contributed by atoms with Crippen LogP contribution in [-0.2, 0) is 15.8 Å². The molecule has 142 valence electrons. The van der Waals surface area contributed by atoms with Crippen LogP contribution in [0.3, 0.4) is 0 Å². The van der Waals surface area contributed by atoms with Crippen molar-refractivity contribution in [3.63, 3.8) is 0 Å². The molecular weight excluding hydrogens is 334 g/mol. The first kappa shape index (κ1) is 20.4. The van der Waals surface area contributed by atoms with Gasteiger partial charge in [0.05, 0.1) is 5.75 Å². The van der Waals surface area contributed by atoms with Crippen LogP contribution < -0.4 is 4.72 Å². The lowest BCUT2D eigenvalue weighted by molar-refractivity contribution is 0.102. The van der Waals surface area contributed by atoms with Gasteiger partial charge in [-0.1, -0.05) is 43.7 Å². The fraction of sp³-hybridized carbons (Fsp3) is 0.684. The second-order valence-electron chi connectivity index (χ2n) is 7.72. The summed E-state index contributed by atoms with van der Waals surface area (Å²) >= 11 is 0. The Morgan fingerprint density at radius 3 is 2.44 bits per heavy atom. The van der Waals surface area contributed by atoms with Gasteiger partial charge in [0.2, 0.25) is 10.0 Å². The van der Waals surface area contributed by atoms with E-state index in [9.17, 15) is 8.42 Å². The molecule has 2 rings (SSSR count). The molecule has 1 aliphatic rings. The van der Waals surface area contributed by atoms with Crippen molar-refractivity contribution in [2.24, 2.45) is 5.92 Å². The zero-order valence-corrected chi connectivity index (χ0v) is 16.8. The summed E-state index contributed by atoms with van der Waals surface area (Å²) < 4.78 is 27.9. The Hall–Kier alpha value is -0.950. The highest BCUT2D eigenvalue weighted by Gasteiger charge is 2.24. The zero-order chi connectivity index (χ0) is 18.4. The molecule has 0 aliphatic carbocycles. The van der Waals surface area contributed by atoms with Crippen molar-refractivity contribution in [1.29, 1.82) is 0 Å². The van der Waals surface area contributed by atoms with Crippen LogP contribution in [-0.4, -0.2) is 64.0 Å². The van der Waals surface area contributed by atoms with E-state index in [4.69, 9.17) is 0 Å². The van der Waals surface area contributed by atoms with Crippen LogP contribution in [0.2, 0.25) is 0 Å². The topological polar surface area (TPSA) is 52.7 Å². The van der Waals surface area contributed by atoms with E-state index in [2.05, 4.69) is 35.4 Å². The minimum Gasteiger partial charge on any atom is -0.304 e. The third kappa shape index (κ3) is 7.05. The largest absolute Gasteiger partial charge is 0.304 e. The van der Waals surface area contributed by atoms with Crippen LogP contribution in [0.25, 0.3) is 0 Å². The molecule has 0 saturated carbocycles. The Morgan fingerprint density at radius 1 is 1.16 bits per heavy atom. The monoisotopic (exact) mass is 367 g/mol. The summed E-state index contributed by atoms with van der Waals surface area (Å²) in [5.41, 5.74) is 1.93. The van der Waals surface area contributed by atoms with Gasteiger partial charge in [-0.25, -0.2) is 13.1 Å². The average molecular weight is 368 g/mol. The second-order valence-corrected chi connectivity index (χ2v) is 9.53. The van der Waals surface area contributed by atoms with E-state index in [-0.39, 0.29) is 11.8 Å². The molecule has 1 fully saturated rings. The molecule has 0 bridgehead atoms. The molecule has 5 nitrogen and oxygen atoms in total. The summed E-state index contributed by atoms with van der Waals surface area (Å²) in [6, 6.07) is 7.96. The summed E-state index contributed by atoms with van der Waals surface area (Å²) in [7, 11) is -1.18. The molecule has 1 N–H and O–H groups in total. The summed E-state index contributed by atoms with van der Waals surface area (Å²) in [6.45, 7) is 11.0. The molecule has 6 heteroatoms. The molecule has 1 aromatic rings. The number of piperazine rings is 1. The summed E-state index contributed by atoms with van der Waals surface area (Å²) in [6.07, 6.45) is 1.01. The van der Waals surface area contributed by atoms with Gasteiger partial charge in [0, 0.05) is 38.8 Å². The SMILES string of the molecule is Cc1cccc(CS(=O)(=O)NCC(CC(C)C)N2CCN(C)CC2)c1. The van der Waals surface area contributed by atoms with Crippen LogP contribution in [0.4, 0.5) is 0 Å². The van der Waals surface area contributed by atoms with Crippen molar-refractivity contribution in [2.45, 2.75) is 39.0 Å². The Kier molecular flexibility index (Phi) is 7.43. The Bertz CT molecular complexity index is 638. The molecule has 1 heterocycles. The maximum absolute atomic E-state index is 12.5. The number of likely N-dealkylation sites (N-methyl/N-ethyl adjacent to an activating group) is 1. The lowest BCUT2D eigenvalue weighted by Gasteiger charge is -2.38. The number of rotatable bonds is 8. The predicted molar refractivity (Wildman–Crippen MR) is 104 cm³/mol. The summed E-state index contributed by atoms with van der Waals surface area (Å²) in [4.78, 5) is 4.76. The van der Waals surface area contributed by atoms with Crippen molar-refractivity contribution >= 4 is 10.0 Å². The van der Waals surface area contributed by atoms with Crippen molar-refractivity contribution in [3.8, 4) is 0 Å². The maximum atomic E-state index is 12.5.